The number of aromatic hydroxyl groups is 6. The average molecular weight is 706 g/mol. The Morgan fingerprint density at radius 3 is 1.76 bits per heavy atom. The summed E-state index contributed by atoms with van der Waals surface area (Å²) in [6.45, 7) is 0. The molecule has 0 fully saturated rings. The number of rotatable bonds is 0. The molecule has 6 rings (SSSR count). The van der Waals surface area contributed by atoms with Gasteiger partial charge in [-0.15, -0.1) is 0 Å². The Morgan fingerprint density at radius 2 is 1.09 bits per heavy atom. The minimum atomic E-state index is -0.363. The Morgan fingerprint density at radius 1 is 0.500 bits per heavy atom. The number of phenolic OH excluding ortho intramolecular Hbond substituents is 6. The highest BCUT2D eigenvalue weighted by Gasteiger charge is 2.19. The van der Waals surface area contributed by atoms with E-state index in [1.165, 1.54) is 36.4 Å². The monoisotopic (exact) mass is 704 g/mol. The fourth-order valence-electron chi connectivity index (χ4n) is 4.94. The predicted molar refractivity (Wildman–Crippen MR) is 178 cm³/mol. The maximum Gasteiger partial charge on any atom is 0.210 e. The highest BCUT2D eigenvalue weighted by atomic mass is 35.5. The van der Waals surface area contributed by atoms with Crippen LogP contribution in [0.15, 0.2) is 70.7 Å². The second kappa shape index (κ2) is 14.1. The van der Waals surface area contributed by atoms with Crippen LogP contribution in [0.1, 0.15) is 35.1 Å². The molecule has 0 saturated heterocycles. The molecular weight excluding hydrogens is 678 g/mol. The minimum absolute atomic E-state index is 0.00406. The van der Waals surface area contributed by atoms with Crippen LogP contribution in [0.5, 0.6) is 57.5 Å². The van der Waals surface area contributed by atoms with E-state index in [-0.39, 0.29) is 85.4 Å². The topological polar surface area (TPSA) is 140 Å². The standard InChI is InChI=1S/C34H28Cl4O8/c35-21-3-1-2-18-12-31(24(37)15-26(18)40)45-33-20(11-23(39)14-30(33)44)10-22(36)7-5-19-13-32(25(38)16-27(19)41)46-34-28(42)8-17(4-6-21)9-29(34)43/h3,7-9,11-16,39-44H,1-2,4-6,10H2. The van der Waals surface area contributed by atoms with Crippen LogP contribution < -0.4 is 9.47 Å². The molecule has 8 nitrogen and oxygen atoms in total. The average Bonchev–Trinajstić information content (AvgIpc) is 2.97. The second-order valence-electron chi connectivity index (χ2n) is 10.7. The molecule has 46 heavy (non-hydrogen) atoms. The first kappa shape index (κ1) is 33.3. The van der Waals surface area contributed by atoms with Crippen molar-refractivity contribution < 1.29 is 40.1 Å². The van der Waals surface area contributed by atoms with Gasteiger partial charge in [0.15, 0.2) is 23.0 Å². The van der Waals surface area contributed by atoms with Crippen LogP contribution in [0.4, 0.5) is 0 Å². The van der Waals surface area contributed by atoms with Crippen LogP contribution in [0, 0.1) is 0 Å². The van der Waals surface area contributed by atoms with Gasteiger partial charge >= 0.3 is 0 Å². The van der Waals surface area contributed by atoms with Crippen LogP contribution in [-0.4, -0.2) is 30.6 Å². The van der Waals surface area contributed by atoms with Crippen LogP contribution >= 0.6 is 46.4 Å². The van der Waals surface area contributed by atoms with Crippen molar-refractivity contribution in [2.24, 2.45) is 0 Å². The maximum absolute atomic E-state index is 10.7. The van der Waals surface area contributed by atoms with Crippen molar-refractivity contribution >= 4 is 46.4 Å². The molecule has 2 aliphatic heterocycles. The smallest absolute Gasteiger partial charge is 0.210 e. The number of benzene rings is 4. The van der Waals surface area contributed by atoms with Crippen molar-refractivity contribution in [1.82, 2.24) is 0 Å². The summed E-state index contributed by atoms with van der Waals surface area (Å²) in [5.41, 5.74) is 1.81. The molecule has 0 aliphatic carbocycles. The summed E-state index contributed by atoms with van der Waals surface area (Å²) < 4.78 is 11.8. The third-order valence-electron chi connectivity index (χ3n) is 7.27. The minimum Gasteiger partial charge on any atom is -0.508 e. The molecule has 0 spiro atoms. The summed E-state index contributed by atoms with van der Waals surface area (Å²) in [7, 11) is 0. The Bertz CT molecular complexity index is 1850. The van der Waals surface area contributed by atoms with E-state index in [9.17, 15) is 30.6 Å². The van der Waals surface area contributed by atoms with Gasteiger partial charge in [0, 0.05) is 45.8 Å². The number of halogens is 4. The quantitative estimate of drug-likeness (QED) is 0.106. The molecule has 4 aromatic rings. The predicted octanol–water partition coefficient (Wildman–Crippen LogP) is 9.72. The molecular formula is C34H28Cl4O8. The fourth-order valence-corrected chi connectivity index (χ4v) is 5.76. The molecule has 12 heteroatoms. The fraction of sp³-hybridized carbons (Fsp3) is 0.176. The van der Waals surface area contributed by atoms with Gasteiger partial charge in [0.1, 0.15) is 28.7 Å². The molecule has 4 aromatic carbocycles. The van der Waals surface area contributed by atoms with Gasteiger partial charge < -0.3 is 40.1 Å². The molecule has 6 N–H and O–H groups in total. The van der Waals surface area contributed by atoms with Gasteiger partial charge in [-0.2, -0.15) is 0 Å². The molecule has 0 saturated carbocycles. The first-order chi connectivity index (χ1) is 21.9. The molecule has 0 aromatic heterocycles. The number of phenols is 6. The number of allylic oxidation sites excluding steroid dienone is 4. The van der Waals surface area contributed by atoms with Crippen molar-refractivity contribution in [3.8, 4) is 57.5 Å². The van der Waals surface area contributed by atoms with Crippen molar-refractivity contribution in [3.05, 3.63) is 103 Å². The summed E-state index contributed by atoms with van der Waals surface area (Å²) in [6.07, 6.45) is 5.17. The Labute approximate surface area is 284 Å². The van der Waals surface area contributed by atoms with Crippen molar-refractivity contribution in [1.29, 1.82) is 0 Å². The van der Waals surface area contributed by atoms with Gasteiger partial charge in [-0.05, 0) is 73.6 Å². The van der Waals surface area contributed by atoms with E-state index < -0.39 is 0 Å². The Hall–Kier alpha value is -4.08. The highest BCUT2D eigenvalue weighted by Crippen LogP contribution is 2.45. The summed E-state index contributed by atoms with van der Waals surface area (Å²) in [6, 6.07) is 11.0. The lowest BCUT2D eigenvalue weighted by Gasteiger charge is -2.16. The lowest BCUT2D eigenvalue weighted by atomic mass is 10.0. The van der Waals surface area contributed by atoms with E-state index in [4.69, 9.17) is 55.9 Å². The summed E-state index contributed by atoms with van der Waals surface area (Å²) in [5, 5.41) is 64.3. The van der Waals surface area contributed by atoms with E-state index in [1.54, 1.807) is 18.2 Å². The number of hydrogen-bond donors (Lipinski definition) is 6. The van der Waals surface area contributed by atoms with Crippen LogP contribution in [-0.2, 0) is 25.7 Å². The maximum atomic E-state index is 10.7. The summed E-state index contributed by atoms with van der Waals surface area (Å²) >= 11 is 25.8. The van der Waals surface area contributed by atoms with Gasteiger partial charge in [0.25, 0.3) is 0 Å². The number of ether oxygens (including phenoxy) is 2. The first-order valence-corrected chi connectivity index (χ1v) is 15.6. The van der Waals surface area contributed by atoms with Gasteiger partial charge in [0.05, 0.1) is 10.0 Å². The van der Waals surface area contributed by atoms with Gasteiger partial charge in [-0.25, -0.2) is 0 Å². The van der Waals surface area contributed by atoms with Crippen molar-refractivity contribution in [3.63, 3.8) is 0 Å². The Kier molecular flexibility index (Phi) is 10.2. The zero-order valence-electron chi connectivity index (χ0n) is 24.0. The zero-order chi connectivity index (χ0) is 33.1. The van der Waals surface area contributed by atoms with Crippen LogP contribution in [0.3, 0.4) is 0 Å². The number of aryl methyl sites for hydroxylation is 2. The first-order valence-electron chi connectivity index (χ1n) is 14.0. The van der Waals surface area contributed by atoms with Crippen molar-refractivity contribution in [2.75, 3.05) is 0 Å². The van der Waals surface area contributed by atoms with Gasteiger partial charge in [-0.3, -0.25) is 0 Å². The molecule has 0 radical (unpaired) electrons. The van der Waals surface area contributed by atoms with E-state index >= 15 is 0 Å². The number of hydrogen-bond acceptors (Lipinski definition) is 8. The van der Waals surface area contributed by atoms with Crippen LogP contribution in [0.25, 0.3) is 0 Å². The third kappa shape index (κ3) is 7.82. The Balaban J connectivity index is 1.57. The van der Waals surface area contributed by atoms with Gasteiger partial charge in [-0.1, -0.05) is 58.6 Å². The lowest BCUT2D eigenvalue weighted by molar-refractivity contribution is 0.374. The largest absolute Gasteiger partial charge is 0.508 e. The number of fused-ring (bicyclic) bond motifs is 8. The molecule has 240 valence electrons. The molecule has 2 heterocycles. The van der Waals surface area contributed by atoms with Gasteiger partial charge in [0.2, 0.25) is 5.75 Å². The van der Waals surface area contributed by atoms with E-state index in [2.05, 4.69) is 0 Å². The van der Waals surface area contributed by atoms with Crippen molar-refractivity contribution in [2.45, 2.75) is 38.5 Å². The molecule has 0 unspecified atom stereocenters. The zero-order valence-corrected chi connectivity index (χ0v) is 27.1. The molecule has 6 bridgehead atoms. The molecule has 0 amide bonds. The SMILES string of the molecule is Oc1cc(O)c2c(c1)CC(Cl)=CCc1cc(c(Cl)cc1O)Oc1c(O)cc(cc1O)CCC(Cl)=CCCc1cc(c(Cl)cc1O)O2. The molecule has 2 aliphatic rings. The summed E-state index contributed by atoms with van der Waals surface area (Å²) in [5.74, 6) is -1.43. The third-order valence-corrected chi connectivity index (χ3v) is 8.49. The van der Waals surface area contributed by atoms with E-state index in [0.717, 1.165) is 6.07 Å². The lowest BCUT2D eigenvalue weighted by Crippen LogP contribution is -1.96. The van der Waals surface area contributed by atoms with E-state index in [1.807, 2.05) is 0 Å². The van der Waals surface area contributed by atoms with Crippen LogP contribution in [0.2, 0.25) is 10.0 Å². The summed E-state index contributed by atoms with van der Waals surface area (Å²) in [4.78, 5) is 0. The second-order valence-corrected chi connectivity index (χ2v) is 12.5. The highest BCUT2D eigenvalue weighted by molar-refractivity contribution is 6.32. The van der Waals surface area contributed by atoms with E-state index in [0.29, 0.717) is 53.0 Å². The normalized spacial score (nSPS) is 14.3. The molecule has 0 atom stereocenters.